The van der Waals surface area contributed by atoms with Crippen molar-refractivity contribution in [3.63, 3.8) is 0 Å². The zero-order valence-corrected chi connectivity index (χ0v) is 25.9. The lowest BCUT2D eigenvalue weighted by molar-refractivity contribution is 0.476. The van der Waals surface area contributed by atoms with Crippen molar-refractivity contribution in [1.29, 1.82) is 0 Å². The summed E-state index contributed by atoms with van der Waals surface area (Å²) >= 11 is 0. The summed E-state index contributed by atoms with van der Waals surface area (Å²) in [6.07, 6.45) is 51.0. The average molecular weight is 520 g/mol. The standard InChI is InChI=1S/C36H73N/c37-36-34-32-30-28-26-24-22-20-18-16-14-12-10-8-6-4-2-1-3-5-7-9-11-13-15-17-19-21-23-25-27-29-31-33-35-36/h36H,1-35,37H2. The molecule has 222 valence electrons. The highest BCUT2D eigenvalue weighted by atomic mass is 14.6. The minimum Gasteiger partial charge on any atom is -0.328 e. The van der Waals surface area contributed by atoms with E-state index in [9.17, 15) is 0 Å². The lowest BCUT2D eigenvalue weighted by atomic mass is 10.00. The van der Waals surface area contributed by atoms with Crippen molar-refractivity contribution in [1.82, 2.24) is 0 Å². The van der Waals surface area contributed by atoms with E-state index in [1.54, 1.807) is 0 Å². The SMILES string of the molecule is NC1CCCCCCCCCCCCCCCCCCCCCCCCCCCCCCCCCCC1. The van der Waals surface area contributed by atoms with Crippen molar-refractivity contribution in [3.8, 4) is 0 Å². The number of nitrogens with two attached hydrogens (primary N) is 1. The zero-order valence-electron chi connectivity index (χ0n) is 25.9. The van der Waals surface area contributed by atoms with Crippen LogP contribution in [-0.2, 0) is 0 Å². The summed E-state index contributed by atoms with van der Waals surface area (Å²) in [5.74, 6) is 0. The normalized spacial score (nSPS) is 24.2. The van der Waals surface area contributed by atoms with Crippen LogP contribution in [0.1, 0.15) is 225 Å². The quantitative estimate of drug-likeness (QED) is 0.338. The molecule has 1 nitrogen and oxygen atoms in total. The fraction of sp³-hybridized carbons (Fsp3) is 1.00. The van der Waals surface area contributed by atoms with Gasteiger partial charge in [0.05, 0.1) is 0 Å². The Hall–Kier alpha value is -0.0400. The maximum Gasteiger partial charge on any atom is 0.00388 e. The third-order valence-electron chi connectivity index (χ3n) is 9.15. The molecule has 0 radical (unpaired) electrons. The fourth-order valence-corrected chi connectivity index (χ4v) is 6.44. The summed E-state index contributed by atoms with van der Waals surface area (Å²) in [7, 11) is 0. The van der Waals surface area contributed by atoms with E-state index in [1.807, 2.05) is 0 Å². The summed E-state index contributed by atoms with van der Waals surface area (Å²) in [4.78, 5) is 0. The van der Waals surface area contributed by atoms with Crippen molar-refractivity contribution in [2.75, 3.05) is 0 Å². The highest BCUT2D eigenvalue weighted by Gasteiger charge is 2.03. The lowest BCUT2D eigenvalue weighted by Gasteiger charge is -2.11. The Morgan fingerprint density at radius 2 is 0.297 bits per heavy atom. The molecule has 0 bridgehead atoms. The zero-order chi connectivity index (χ0) is 26.3. The van der Waals surface area contributed by atoms with Gasteiger partial charge in [-0.1, -0.05) is 212 Å². The van der Waals surface area contributed by atoms with E-state index in [-0.39, 0.29) is 0 Å². The van der Waals surface area contributed by atoms with E-state index >= 15 is 0 Å². The van der Waals surface area contributed by atoms with Gasteiger partial charge in [0.25, 0.3) is 0 Å². The second-order valence-electron chi connectivity index (χ2n) is 13.0. The molecule has 37 heavy (non-hydrogen) atoms. The van der Waals surface area contributed by atoms with E-state index < -0.39 is 0 Å². The lowest BCUT2D eigenvalue weighted by Crippen LogP contribution is -2.19. The molecule has 1 saturated carbocycles. The van der Waals surface area contributed by atoms with E-state index in [0.29, 0.717) is 6.04 Å². The molecule has 0 unspecified atom stereocenters. The van der Waals surface area contributed by atoms with Gasteiger partial charge in [0.1, 0.15) is 0 Å². The Labute approximate surface area is 236 Å². The molecule has 0 aliphatic heterocycles. The van der Waals surface area contributed by atoms with Crippen molar-refractivity contribution in [3.05, 3.63) is 0 Å². The first-order valence-corrected chi connectivity index (χ1v) is 18.1. The Balaban J connectivity index is 2.05. The van der Waals surface area contributed by atoms with Gasteiger partial charge in [0.15, 0.2) is 0 Å². The van der Waals surface area contributed by atoms with Crippen LogP contribution in [0.25, 0.3) is 0 Å². The van der Waals surface area contributed by atoms with E-state index in [4.69, 9.17) is 5.73 Å². The monoisotopic (exact) mass is 520 g/mol. The van der Waals surface area contributed by atoms with Gasteiger partial charge in [-0.3, -0.25) is 0 Å². The third-order valence-corrected chi connectivity index (χ3v) is 9.15. The molecule has 0 spiro atoms. The Morgan fingerprint density at radius 3 is 0.432 bits per heavy atom. The van der Waals surface area contributed by atoms with Gasteiger partial charge < -0.3 is 5.73 Å². The van der Waals surface area contributed by atoms with Crippen LogP contribution in [0.2, 0.25) is 0 Å². The van der Waals surface area contributed by atoms with Gasteiger partial charge >= 0.3 is 0 Å². The predicted molar refractivity (Wildman–Crippen MR) is 170 cm³/mol. The number of hydrogen-bond donors (Lipinski definition) is 1. The molecule has 0 aromatic rings. The number of rotatable bonds is 0. The smallest absolute Gasteiger partial charge is 0.00388 e. The summed E-state index contributed by atoms with van der Waals surface area (Å²) in [5, 5.41) is 0. The van der Waals surface area contributed by atoms with Crippen LogP contribution in [0.15, 0.2) is 0 Å². The van der Waals surface area contributed by atoms with Crippen molar-refractivity contribution >= 4 is 0 Å². The molecule has 0 aromatic carbocycles. The van der Waals surface area contributed by atoms with Crippen LogP contribution in [0.3, 0.4) is 0 Å². The first-order valence-electron chi connectivity index (χ1n) is 18.1. The molecular formula is C36H73N. The highest BCUT2D eigenvalue weighted by Crippen LogP contribution is 2.18. The molecule has 0 amide bonds. The van der Waals surface area contributed by atoms with Gasteiger partial charge in [-0.15, -0.1) is 0 Å². The average Bonchev–Trinajstić information content (AvgIpc) is 2.90. The molecule has 1 heteroatoms. The van der Waals surface area contributed by atoms with Crippen LogP contribution >= 0.6 is 0 Å². The summed E-state index contributed by atoms with van der Waals surface area (Å²) in [6, 6.07) is 0.469. The Morgan fingerprint density at radius 1 is 0.189 bits per heavy atom. The fourth-order valence-electron chi connectivity index (χ4n) is 6.44. The minimum absolute atomic E-state index is 0.469. The van der Waals surface area contributed by atoms with Crippen LogP contribution in [0.4, 0.5) is 0 Å². The van der Waals surface area contributed by atoms with Crippen molar-refractivity contribution in [2.24, 2.45) is 5.73 Å². The van der Waals surface area contributed by atoms with Crippen LogP contribution < -0.4 is 5.73 Å². The predicted octanol–water partition coefficient (Wildman–Crippen LogP) is 13.0. The second kappa shape index (κ2) is 30.5. The number of hydrogen-bond acceptors (Lipinski definition) is 1. The van der Waals surface area contributed by atoms with E-state index in [0.717, 1.165) is 0 Å². The highest BCUT2D eigenvalue weighted by molar-refractivity contribution is 4.62. The van der Waals surface area contributed by atoms with Gasteiger partial charge in [0.2, 0.25) is 0 Å². The maximum atomic E-state index is 6.39. The Bertz CT molecular complexity index is 369. The van der Waals surface area contributed by atoms with Crippen LogP contribution in [0, 0.1) is 0 Å². The van der Waals surface area contributed by atoms with Crippen molar-refractivity contribution in [2.45, 2.75) is 231 Å². The topological polar surface area (TPSA) is 26.0 Å². The second-order valence-corrected chi connectivity index (χ2v) is 13.0. The van der Waals surface area contributed by atoms with Gasteiger partial charge in [-0.25, -0.2) is 0 Å². The molecule has 2 N–H and O–H groups in total. The third kappa shape index (κ3) is 28.8. The van der Waals surface area contributed by atoms with Gasteiger partial charge in [0, 0.05) is 6.04 Å². The summed E-state index contributed by atoms with van der Waals surface area (Å²) in [5.41, 5.74) is 6.39. The van der Waals surface area contributed by atoms with Crippen LogP contribution in [-0.4, -0.2) is 6.04 Å². The first-order chi connectivity index (χ1) is 18.4. The Kier molecular flexibility index (Phi) is 28.8. The van der Waals surface area contributed by atoms with Crippen LogP contribution in [0.5, 0.6) is 0 Å². The molecule has 0 saturated heterocycles. The van der Waals surface area contributed by atoms with E-state index in [1.165, 1.54) is 225 Å². The molecule has 1 aliphatic carbocycles. The van der Waals surface area contributed by atoms with Crippen molar-refractivity contribution < 1.29 is 0 Å². The molecule has 0 heterocycles. The largest absolute Gasteiger partial charge is 0.328 e. The maximum absolute atomic E-state index is 6.39. The van der Waals surface area contributed by atoms with E-state index in [2.05, 4.69) is 0 Å². The molecular weight excluding hydrogens is 446 g/mol. The first kappa shape index (κ1) is 35.0. The molecule has 1 fully saturated rings. The molecule has 0 aromatic heterocycles. The molecule has 1 aliphatic rings. The summed E-state index contributed by atoms with van der Waals surface area (Å²) < 4.78 is 0. The molecule has 0 atom stereocenters. The van der Waals surface area contributed by atoms with Gasteiger partial charge in [-0.05, 0) is 12.8 Å². The minimum atomic E-state index is 0.469. The van der Waals surface area contributed by atoms with Gasteiger partial charge in [-0.2, -0.15) is 0 Å². The summed E-state index contributed by atoms with van der Waals surface area (Å²) in [6.45, 7) is 0. The molecule has 1 rings (SSSR count).